The van der Waals surface area contributed by atoms with Gasteiger partial charge in [0.1, 0.15) is 5.82 Å². The molecule has 0 saturated heterocycles. The second kappa shape index (κ2) is 6.62. The van der Waals surface area contributed by atoms with Crippen molar-refractivity contribution in [1.82, 2.24) is 24.3 Å². The van der Waals surface area contributed by atoms with Crippen LogP contribution < -0.4 is 10.1 Å². The average Bonchev–Trinajstić information content (AvgIpc) is 2.81. The van der Waals surface area contributed by atoms with Gasteiger partial charge < -0.3 is 10.1 Å². The van der Waals surface area contributed by atoms with Crippen LogP contribution in [0.5, 0.6) is 6.01 Å². The Kier molecular flexibility index (Phi) is 4.86. The van der Waals surface area contributed by atoms with Gasteiger partial charge in [-0.2, -0.15) is 19.3 Å². The summed E-state index contributed by atoms with van der Waals surface area (Å²) >= 11 is 2.67. The summed E-state index contributed by atoms with van der Waals surface area (Å²) in [7, 11) is 1.75. The molecule has 0 bridgehead atoms. The van der Waals surface area contributed by atoms with Gasteiger partial charge in [-0.05, 0) is 36.6 Å². The van der Waals surface area contributed by atoms with E-state index in [4.69, 9.17) is 4.74 Å². The van der Waals surface area contributed by atoms with E-state index in [2.05, 4.69) is 29.6 Å². The molecule has 2 aromatic rings. The maximum atomic E-state index is 5.43. The summed E-state index contributed by atoms with van der Waals surface area (Å²) in [5.41, 5.74) is 0. The minimum Gasteiger partial charge on any atom is -0.463 e. The van der Waals surface area contributed by atoms with Crippen LogP contribution in [0.2, 0.25) is 0 Å². The fraction of sp³-hybridized carbons (Fsp3) is 0.500. The summed E-state index contributed by atoms with van der Waals surface area (Å²) in [4.78, 5) is 16.9. The largest absolute Gasteiger partial charge is 0.463 e. The number of nitrogens with zero attached hydrogens (tertiary/aromatic N) is 5. The van der Waals surface area contributed by atoms with E-state index in [1.807, 2.05) is 13.8 Å². The summed E-state index contributed by atoms with van der Waals surface area (Å²) in [5, 5.41) is 3.43. The summed E-state index contributed by atoms with van der Waals surface area (Å²) in [5.74, 6) is 1.22. The second-order valence-electron chi connectivity index (χ2n) is 3.53. The smallest absolute Gasteiger partial charge is 0.322 e. The first-order chi connectivity index (χ1) is 9.21. The minimum atomic E-state index is 0.324. The highest BCUT2D eigenvalue weighted by molar-refractivity contribution is 8.00. The van der Waals surface area contributed by atoms with Crippen LogP contribution in [0.15, 0.2) is 9.50 Å². The first-order valence-electron chi connectivity index (χ1n) is 5.76. The number of nitrogens with one attached hydrogen (secondary N) is 1. The third-order valence-electron chi connectivity index (χ3n) is 1.94. The van der Waals surface area contributed by atoms with Gasteiger partial charge in [0.05, 0.1) is 6.61 Å². The van der Waals surface area contributed by atoms with Gasteiger partial charge in [-0.15, -0.1) is 0 Å². The van der Waals surface area contributed by atoms with Gasteiger partial charge in [-0.3, -0.25) is 0 Å². The Labute approximate surface area is 119 Å². The molecule has 1 N–H and O–H groups in total. The van der Waals surface area contributed by atoms with Gasteiger partial charge in [-0.25, -0.2) is 4.98 Å². The van der Waals surface area contributed by atoms with Crippen molar-refractivity contribution >= 4 is 29.2 Å². The van der Waals surface area contributed by atoms with E-state index in [-0.39, 0.29) is 0 Å². The van der Waals surface area contributed by atoms with Gasteiger partial charge in [0.25, 0.3) is 0 Å². The quantitative estimate of drug-likeness (QED) is 0.866. The normalized spacial score (nSPS) is 10.5. The van der Waals surface area contributed by atoms with Crippen molar-refractivity contribution in [3.05, 3.63) is 5.82 Å². The number of hydrogen-bond donors (Lipinski definition) is 1. The Morgan fingerprint density at radius 2 is 2.11 bits per heavy atom. The molecule has 0 aromatic carbocycles. The molecule has 7 nitrogen and oxygen atoms in total. The molecule has 0 fully saturated rings. The highest BCUT2D eigenvalue weighted by Gasteiger charge is 2.10. The first-order valence-corrected chi connectivity index (χ1v) is 7.35. The van der Waals surface area contributed by atoms with Crippen molar-refractivity contribution in [2.24, 2.45) is 0 Å². The van der Waals surface area contributed by atoms with Gasteiger partial charge in [0.2, 0.25) is 11.1 Å². The van der Waals surface area contributed by atoms with Gasteiger partial charge >= 0.3 is 6.01 Å². The number of anilines is 1. The molecule has 0 spiro atoms. The van der Waals surface area contributed by atoms with Crippen molar-refractivity contribution < 1.29 is 4.74 Å². The van der Waals surface area contributed by atoms with Crippen molar-refractivity contribution in [2.75, 3.05) is 19.0 Å². The molecule has 0 amide bonds. The van der Waals surface area contributed by atoms with E-state index in [9.17, 15) is 0 Å². The van der Waals surface area contributed by atoms with Crippen LogP contribution >= 0.6 is 23.3 Å². The SMILES string of the molecule is CCCOc1nc(NC)nc(Sc2nc(C)ns2)n1. The highest BCUT2D eigenvalue weighted by atomic mass is 32.2. The molecule has 0 atom stereocenters. The van der Waals surface area contributed by atoms with E-state index in [0.29, 0.717) is 23.7 Å². The topological polar surface area (TPSA) is 85.7 Å². The third kappa shape index (κ3) is 4.00. The zero-order valence-corrected chi connectivity index (χ0v) is 12.5. The lowest BCUT2D eigenvalue weighted by atomic mass is 10.5. The van der Waals surface area contributed by atoms with Crippen LogP contribution in [0.4, 0.5) is 5.95 Å². The van der Waals surface area contributed by atoms with Crippen molar-refractivity contribution in [3.8, 4) is 6.01 Å². The molecule has 0 aliphatic carbocycles. The molecule has 0 aliphatic heterocycles. The summed E-state index contributed by atoms with van der Waals surface area (Å²) < 4.78 is 10.4. The Hall–Kier alpha value is -1.48. The number of rotatable bonds is 6. The molecule has 0 radical (unpaired) electrons. The van der Waals surface area contributed by atoms with Crippen LogP contribution in [0, 0.1) is 6.92 Å². The summed E-state index contributed by atoms with van der Waals surface area (Å²) in [6, 6.07) is 0.324. The maximum Gasteiger partial charge on any atom is 0.322 e. The molecule has 0 saturated carbocycles. The van der Waals surface area contributed by atoms with Crippen LogP contribution in [-0.4, -0.2) is 38.0 Å². The monoisotopic (exact) mass is 298 g/mol. The molecule has 2 heterocycles. The van der Waals surface area contributed by atoms with Crippen LogP contribution in [0.25, 0.3) is 0 Å². The highest BCUT2D eigenvalue weighted by Crippen LogP contribution is 2.27. The molecule has 2 rings (SSSR count). The van der Waals surface area contributed by atoms with Gasteiger partial charge in [0.15, 0.2) is 4.34 Å². The molecule has 0 aliphatic rings. The van der Waals surface area contributed by atoms with Gasteiger partial charge in [-0.1, -0.05) is 6.92 Å². The maximum absolute atomic E-state index is 5.43. The van der Waals surface area contributed by atoms with E-state index in [0.717, 1.165) is 16.6 Å². The molecule has 19 heavy (non-hydrogen) atoms. The lowest BCUT2D eigenvalue weighted by molar-refractivity contribution is 0.288. The predicted molar refractivity (Wildman–Crippen MR) is 73.9 cm³/mol. The van der Waals surface area contributed by atoms with Gasteiger partial charge in [0, 0.05) is 7.05 Å². The lowest BCUT2D eigenvalue weighted by Gasteiger charge is -2.05. The standard InChI is InChI=1S/C10H14N6OS2/c1-4-5-17-8-13-7(11-3)14-9(15-8)18-10-12-6(2)16-19-10/h4-5H2,1-3H3,(H,11,13,14,15). The Balaban J connectivity index is 2.18. The van der Waals surface area contributed by atoms with Crippen LogP contribution in [0.1, 0.15) is 19.2 Å². The number of hydrogen-bond acceptors (Lipinski definition) is 9. The van der Waals surface area contributed by atoms with Crippen molar-refractivity contribution in [1.29, 1.82) is 0 Å². The number of ether oxygens (including phenoxy) is 1. The minimum absolute atomic E-state index is 0.324. The summed E-state index contributed by atoms with van der Waals surface area (Å²) in [6.07, 6.45) is 0.901. The molecule has 102 valence electrons. The zero-order chi connectivity index (χ0) is 13.7. The fourth-order valence-electron chi connectivity index (χ4n) is 1.15. The molecule has 9 heteroatoms. The van der Waals surface area contributed by atoms with Crippen LogP contribution in [-0.2, 0) is 0 Å². The first kappa shape index (κ1) is 13.9. The molecular formula is C10H14N6OS2. The zero-order valence-electron chi connectivity index (χ0n) is 10.9. The number of aryl methyl sites for hydroxylation is 1. The molecule has 2 aromatic heterocycles. The summed E-state index contributed by atoms with van der Waals surface area (Å²) in [6.45, 7) is 4.46. The average molecular weight is 298 g/mol. The third-order valence-corrected chi connectivity index (χ3v) is 3.65. The predicted octanol–water partition coefficient (Wildman–Crippen LogP) is 2.01. The van der Waals surface area contributed by atoms with E-state index >= 15 is 0 Å². The van der Waals surface area contributed by atoms with E-state index in [1.165, 1.54) is 23.3 Å². The van der Waals surface area contributed by atoms with Crippen molar-refractivity contribution in [2.45, 2.75) is 29.8 Å². The van der Waals surface area contributed by atoms with Crippen molar-refractivity contribution in [3.63, 3.8) is 0 Å². The van der Waals surface area contributed by atoms with E-state index < -0.39 is 0 Å². The second-order valence-corrected chi connectivity index (χ2v) is 5.50. The Morgan fingerprint density at radius 1 is 1.26 bits per heavy atom. The lowest BCUT2D eigenvalue weighted by Crippen LogP contribution is -2.05. The van der Waals surface area contributed by atoms with Crippen LogP contribution in [0.3, 0.4) is 0 Å². The Morgan fingerprint density at radius 3 is 2.74 bits per heavy atom. The molecular weight excluding hydrogens is 284 g/mol. The van der Waals surface area contributed by atoms with E-state index in [1.54, 1.807) is 7.05 Å². The fourth-order valence-corrected chi connectivity index (χ4v) is 2.65. The molecule has 0 unspecified atom stereocenters. The Bertz CT molecular complexity index is 547. The number of aromatic nitrogens is 5.